The van der Waals surface area contributed by atoms with E-state index in [0.29, 0.717) is 38.8 Å². The predicted octanol–water partition coefficient (Wildman–Crippen LogP) is 5.80. The fourth-order valence-corrected chi connectivity index (χ4v) is 6.17. The number of furan rings is 1. The monoisotopic (exact) mass is 608 g/mol. The van der Waals surface area contributed by atoms with Crippen molar-refractivity contribution in [3.63, 3.8) is 0 Å². The van der Waals surface area contributed by atoms with Gasteiger partial charge in [0, 0.05) is 17.8 Å². The second-order valence-electron chi connectivity index (χ2n) is 10.4. The van der Waals surface area contributed by atoms with Gasteiger partial charge in [-0.3, -0.25) is 24.3 Å². The molecular weight excluding hydrogens is 583 g/mol. The number of aromatic nitrogens is 1. The highest BCUT2D eigenvalue weighted by Gasteiger charge is 2.32. The molecule has 5 aromatic rings. The number of carbonyl (C=O) groups is 1. The van der Waals surface area contributed by atoms with Crippen LogP contribution in [0.25, 0.3) is 17.4 Å². The van der Waals surface area contributed by atoms with Gasteiger partial charge in [0.1, 0.15) is 17.3 Å². The minimum atomic E-state index is -0.872. The number of allylic oxidation sites excluding steroid dienone is 1. The zero-order valence-corrected chi connectivity index (χ0v) is 24.6. The summed E-state index contributed by atoms with van der Waals surface area (Å²) < 4.78 is 21.6. The summed E-state index contributed by atoms with van der Waals surface area (Å²) >= 11 is 1.12. The minimum absolute atomic E-state index is 0.0792. The molecule has 44 heavy (non-hydrogen) atoms. The quantitative estimate of drug-likeness (QED) is 0.193. The first kappa shape index (κ1) is 28.7. The van der Waals surface area contributed by atoms with Gasteiger partial charge in [-0.05, 0) is 79.9 Å². The SMILES string of the molecule is CC1=C(C(=O)Nc2ccccc2)C(c2ccc(F)cc2)n2c(sc(=Cc3ccc(-c4cc(C)c(C)cc4[N+](=O)[O-])o3)c2=O)=N1. The van der Waals surface area contributed by atoms with Crippen LogP contribution in [0.2, 0.25) is 0 Å². The van der Waals surface area contributed by atoms with Crippen molar-refractivity contribution in [1.82, 2.24) is 4.57 Å². The molecule has 0 saturated heterocycles. The lowest BCUT2D eigenvalue weighted by Crippen LogP contribution is -2.40. The predicted molar refractivity (Wildman–Crippen MR) is 166 cm³/mol. The summed E-state index contributed by atoms with van der Waals surface area (Å²) in [5, 5.41) is 14.6. The zero-order valence-electron chi connectivity index (χ0n) is 23.8. The molecule has 1 unspecified atom stereocenters. The van der Waals surface area contributed by atoms with Crippen LogP contribution in [0.4, 0.5) is 15.8 Å². The molecule has 2 aromatic heterocycles. The molecule has 1 N–H and O–H groups in total. The van der Waals surface area contributed by atoms with Crippen LogP contribution in [0, 0.1) is 29.8 Å². The van der Waals surface area contributed by atoms with Gasteiger partial charge < -0.3 is 9.73 Å². The number of aryl methyl sites for hydroxylation is 2. The Hall–Kier alpha value is -5.42. The Labute approximate surface area is 254 Å². The maximum Gasteiger partial charge on any atom is 0.280 e. The van der Waals surface area contributed by atoms with Crippen LogP contribution in [-0.2, 0) is 4.79 Å². The topological polar surface area (TPSA) is 120 Å². The van der Waals surface area contributed by atoms with Gasteiger partial charge in [-0.25, -0.2) is 9.38 Å². The molecule has 1 aliphatic rings. The van der Waals surface area contributed by atoms with Crippen molar-refractivity contribution in [2.24, 2.45) is 4.99 Å². The van der Waals surface area contributed by atoms with Crippen LogP contribution in [0.5, 0.6) is 0 Å². The Morgan fingerprint density at radius 3 is 2.45 bits per heavy atom. The number of hydrogen-bond donors (Lipinski definition) is 1. The molecule has 220 valence electrons. The van der Waals surface area contributed by atoms with Crippen molar-refractivity contribution in [1.29, 1.82) is 0 Å². The maximum absolute atomic E-state index is 13.9. The smallest absolute Gasteiger partial charge is 0.280 e. The lowest BCUT2D eigenvalue weighted by Gasteiger charge is -2.25. The summed E-state index contributed by atoms with van der Waals surface area (Å²) in [5.41, 5.74) is 3.28. The summed E-state index contributed by atoms with van der Waals surface area (Å²) in [6, 6.07) is 20.2. The molecule has 9 nitrogen and oxygen atoms in total. The number of benzene rings is 3. The van der Waals surface area contributed by atoms with Gasteiger partial charge in [-0.1, -0.05) is 41.7 Å². The molecule has 3 aromatic carbocycles. The molecule has 3 heterocycles. The second-order valence-corrected chi connectivity index (χ2v) is 11.4. The lowest BCUT2D eigenvalue weighted by atomic mass is 9.95. The van der Waals surface area contributed by atoms with Crippen molar-refractivity contribution < 1.29 is 18.5 Å². The van der Waals surface area contributed by atoms with E-state index in [0.717, 1.165) is 22.5 Å². The molecule has 1 aliphatic heterocycles. The molecule has 0 radical (unpaired) electrons. The number of thiazole rings is 1. The third kappa shape index (κ3) is 5.29. The van der Waals surface area contributed by atoms with E-state index in [-0.39, 0.29) is 15.8 Å². The number of halogens is 1. The Morgan fingerprint density at radius 2 is 1.75 bits per heavy atom. The number of nitro benzene ring substituents is 1. The highest BCUT2D eigenvalue weighted by atomic mass is 32.1. The number of hydrogen-bond acceptors (Lipinski definition) is 7. The van der Waals surface area contributed by atoms with Crippen LogP contribution in [0.3, 0.4) is 0 Å². The highest BCUT2D eigenvalue weighted by Crippen LogP contribution is 2.34. The number of rotatable bonds is 6. The van der Waals surface area contributed by atoms with Crippen molar-refractivity contribution >= 4 is 34.7 Å². The van der Waals surface area contributed by atoms with Crippen LogP contribution < -0.4 is 20.2 Å². The van der Waals surface area contributed by atoms with Crippen LogP contribution in [0.15, 0.2) is 104 Å². The van der Waals surface area contributed by atoms with E-state index < -0.39 is 28.2 Å². The largest absolute Gasteiger partial charge is 0.456 e. The number of anilines is 1. The maximum atomic E-state index is 13.9. The van der Waals surface area contributed by atoms with Gasteiger partial charge in [-0.15, -0.1) is 0 Å². The van der Waals surface area contributed by atoms with Crippen molar-refractivity contribution in [3.05, 3.63) is 148 Å². The number of carbonyl (C=O) groups excluding carboxylic acids is 1. The first-order chi connectivity index (χ1) is 21.1. The summed E-state index contributed by atoms with van der Waals surface area (Å²) in [5.74, 6) is -0.283. The first-order valence-electron chi connectivity index (χ1n) is 13.6. The summed E-state index contributed by atoms with van der Waals surface area (Å²) in [6.07, 6.45) is 1.55. The van der Waals surface area contributed by atoms with E-state index in [2.05, 4.69) is 10.3 Å². The fourth-order valence-electron chi connectivity index (χ4n) is 5.15. The standard InChI is InChI=1S/C33H25FN4O5S/c1-18-15-25(26(38(41)42)16-19(18)2)27-14-13-24(43-27)17-28-32(40)37-30(21-9-11-22(34)12-10-21)29(20(3)35-33(37)44-28)31(39)36-23-7-5-4-6-8-23/h4-17,30H,1-3H3,(H,36,39). The molecule has 1 atom stereocenters. The van der Waals surface area contributed by atoms with Crippen molar-refractivity contribution in [2.45, 2.75) is 26.8 Å². The molecule has 0 bridgehead atoms. The van der Waals surface area contributed by atoms with Gasteiger partial charge in [-0.2, -0.15) is 0 Å². The number of nitrogens with zero attached hydrogens (tertiary/aromatic N) is 3. The number of para-hydroxylation sites is 1. The second kappa shape index (κ2) is 11.3. The first-order valence-corrected chi connectivity index (χ1v) is 14.4. The average molecular weight is 609 g/mol. The number of nitrogens with one attached hydrogen (secondary N) is 1. The van der Waals surface area contributed by atoms with Crippen molar-refractivity contribution in [2.75, 3.05) is 5.32 Å². The van der Waals surface area contributed by atoms with Crippen molar-refractivity contribution in [3.8, 4) is 11.3 Å². The van der Waals surface area contributed by atoms with E-state index in [1.807, 2.05) is 13.0 Å². The third-order valence-electron chi connectivity index (χ3n) is 7.46. The summed E-state index contributed by atoms with van der Waals surface area (Å²) in [4.78, 5) is 43.8. The van der Waals surface area contributed by atoms with E-state index in [1.165, 1.54) is 22.8 Å². The van der Waals surface area contributed by atoms with Gasteiger partial charge in [0.2, 0.25) is 0 Å². The van der Waals surface area contributed by atoms with E-state index in [1.54, 1.807) is 74.5 Å². The average Bonchev–Trinajstić information content (AvgIpc) is 3.58. The van der Waals surface area contributed by atoms with Crippen LogP contribution in [-0.4, -0.2) is 15.4 Å². The third-order valence-corrected chi connectivity index (χ3v) is 8.44. The number of amides is 1. The summed E-state index contributed by atoms with van der Waals surface area (Å²) in [7, 11) is 0. The van der Waals surface area contributed by atoms with E-state index in [4.69, 9.17) is 4.42 Å². The normalized spacial score (nSPS) is 14.7. The molecule has 0 spiro atoms. The van der Waals surface area contributed by atoms with Gasteiger partial charge in [0.25, 0.3) is 17.2 Å². The number of fused-ring (bicyclic) bond motifs is 1. The molecule has 1 amide bonds. The van der Waals surface area contributed by atoms with E-state index >= 15 is 0 Å². The van der Waals surface area contributed by atoms with E-state index in [9.17, 15) is 24.1 Å². The molecule has 6 rings (SSSR count). The Morgan fingerprint density at radius 1 is 1.05 bits per heavy atom. The zero-order chi connectivity index (χ0) is 31.1. The Bertz CT molecular complexity index is 2160. The Balaban J connectivity index is 1.45. The molecule has 0 saturated carbocycles. The van der Waals surface area contributed by atoms with Gasteiger partial charge >= 0.3 is 0 Å². The van der Waals surface area contributed by atoms with Crippen LogP contribution >= 0.6 is 11.3 Å². The number of nitro groups is 1. The molecular formula is C33H25FN4O5S. The van der Waals surface area contributed by atoms with Gasteiger partial charge in [0.05, 0.1) is 32.3 Å². The lowest BCUT2D eigenvalue weighted by molar-refractivity contribution is -0.384. The minimum Gasteiger partial charge on any atom is -0.456 e. The van der Waals surface area contributed by atoms with Crippen LogP contribution in [0.1, 0.15) is 35.4 Å². The highest BCUT2D eigenvalue weighted by molar-refractivity contribution is 7.07. The molecule has 0 fully saturated rings. The fraction of sp³-hybridized carbons (Fsp3) is 0.121. The Kier molecular flexibility index (Phi) is 7.40. The molecule has 11 heteroatoms. The molecule has 0 aliphatic carbocycles. The summed E-state index contributed by atoms with van der Waals surface area (Å²) in [6.45, 7) is 5.36. The van der Waals surface area contributed by atoms with Gasteiger partial charge in [0.15, 0.2) is 4.80 Å².